The van der Waals surface area contributed by atoms with Gasteiger partial charge in [-0.3, -0.25) is 9.59 Å². The van der Waals surface area contributed by atoms with Gasteiger partial charge >= 0.3 is 0 Å². The topological polar surface area (TPSA) is 84.2 Å². The Hall–Kier alpha value is -2.38. The fourth-order valence-electron chi connectivity index (χ4n) is 1.99. The maximum Gasteiger partial charge on any atom is 0.234 e. The summed E-state index contributed by atoms with van der Waals surface area (Å²) in [5.74, 6) is 0.0960. The van der Waals surface area contributed by atoms with Crippen LogP contribution in [0.5, 0.6) is 0 Å². The van der Waals surface area contributed by atoms with Crippen molar-refractivity contribution in [2.24, 2.45) is 5.73 Å². The molecular formula is C18H19N3O2S2. The van der Waals surface area contributed by atoms with Gasteiger partial charge in [0.15, 0.2) is 0 Å². The maximum atomic E-state index is 11.9. The Morgan fingerprint density at radius 3 is 1.80 bits per heavy atom. The van der Waals surface area contributed by atoms with Crippen LogP contribution in [0.1, 0.15) is 11.1 Å². The highest BCUT2D eigenvalue weighted by atomic mass is 32.2. The highest BCUT2D eigenvalue weighted by molar-refractivity contribution is 8.00. The van der Waals surface area contributed by atoms with Crippen LogP contribution in [0.15, 0.2) is 48.5 Å². The summed E-state index contributed by atoms with van der Waals surface area (Å²) in [5, 5.41) is 5.56. The average molecular weight is 374 g/mol. The van der Waals surface area contributed by atoms with Gasteiger partial charge < -0.3 is 16.4 Å². The number of anilines is 2. The van der Waals surface area contributed by atoms with Crippen LogP contribution in [0.3, 0.4) is 0 Å². The van der Waals surface area contributed by atoms with E-state index in [0.717, 1.165) is 16.8 Å². The molecular weight excluding hydrogens is 354 g/mol. The van der Waals surface area contributed by atoms with Gasteiger partial charge in [-0.05, 0) is 43.3 Å². The van der Waals surface area contributed by atoms with Gasteiger partial charge in [-0.1, -0.05) is 29.9 Å². The third kappa shape index (κ3) is 6.56. The van der Waals surface area contributed by atoms with E-state index in [-0.39, 0.29) is 23.3 Å². The van der Waals surface area contributed by atoms with Crippen LogP contribution >= 0.6 is 24.0 Å². The second-order valence-electron chi connectivity index (χ2n) is 5.40. The normalized spacial score (nSPS) is 10.1. The Kier molecular flexibility index (Phi) is 6.97. The van der Waals surface area contributed by atoms with Gasteiger partial charge in [-0.2, -0.15) is 0 Å². The number of carbonyl (C=O) groups excluding carboxylic acids is 2. The molecule has 2 aromatic rings. The number of benzene rings is 2. The lowest BCUT2D eigenvalue weighted by Gasteiger charge is -2.07. The lowest BCUT2D eigenvalue weighted by molar-refractivity contribution is -0.114. The predicted molar refractivity (Wildman–Crippen MR) is 108 cm³/mol. The van der Waals surface area contributed by atoms with E-state index in [9.17, 15) is 9.59 Å². The molecule has 0 aromatic heterocycles. The second kappa shape index (κ2) is 9.19. The second-order valence-corrected chi connectivity index (χ2v) is 6.82. The van der Waals surface area contributed by atoms with Crippen molar-refractivity contribution in [2.45, 2.75) is 6.92 Å². The molecule has 2 amide bonds. The molecule has 0 saturated heterocycles. The standard InChI is InChI=1S/C18H19N3O2S2/c1-12-2-6-14(7-3-12)20-16(22)10-25-11-17(23)21-15-8-4-13(5-9-15)18(19)24/h2-9H,10-11H2,1H3,(H2,19,24)(H,20,22)(H,21,23). The Balaban J connectivity index is 1.71. The summed E-state index contributed by atoms with van der Waals surface area (Å²) >= 11 is 6.13. The summed E-state index contributed by atoms with van der Waals surface area (Å²) in [7, 11) is 0. The molecule has 2 rings (SSSR count). The lowest BCUT2D eigenvalue weighted by Crippen LogP contribution is -2.18. The van der Waals surface area contributed by atoms with Gasteiger partial charge in [0.1, 0.15) is 4.99 Å². The van der Waals surface area contributed by atoms with Crippen molar-refractivity contribution < 1.29 is 9.59 Å². The largest absolute Gasteiger partial charge is 0.389 e. The maximum absolute atomic E-state index is 11.9. The van der Waals surface area contributed by atoms with Crippen molar-refractivity contribution in [3.8, 4) is 0 Å². The van der Waals surface area contributed by atoms with Gasteiger partial charge in [0.2, 0.25) is 11.8 Å². The molecule has 0 spiro atoms. The summed E-state index contributed by atoms with van der Waals surface area (Å²) in [6.07, 6.45) is 0. The third-order valence-electron chi connectivity index (χ3n) is 3.25. The van der Waals surface area contributed by atoms with Crippen molar-refractivity contribution in [1.82, 2.24) is 0 Å². The van der Waals surface area contributed by atoms with E-state index in [1.165, 1.54) is 11.8 Å². The quantitative estimate of drug-likeness (QED) is 0.650. The molecule has 4 N–H and O–H groups in total. The Bertz CT molecular complexity index is 759. The van der Waals surface area contributed by atoms with Crippen LogP contribution in [0.25, 0.3) is 0 Å². The first-order chi connectivity index (χ1) is 11.9. The molecule has 0 fully saturated rings. The Morgan fingerprint density at radius 2 is 1.36 bits per heavy atom. The monoisotopic (exact) mass is 373 g/mol. The van der Waals surface area contributed by atoms with Crippen LogP contribution in [0.2, 0.25) is 0 Å². The molecule has 2 aromatic carbocycles. The van der Waals surface area contributed by atoms with Crippen LogP contribution in [-0.4, -0.2) is 28.3 Å². The van der Waals surface area contributed by atoms with Crippen molar-refractivity contribution >= 4 is 52.2 Å². The number of nitrogens with one attached hydrogen (secondary N) is 2. The van der Waals surface area contributed by atoms with Crippen molar-refractivity contribution in [1.29, 1.82) is 0 Å². The number of amides is 2. The van der Waals surface area contributed by atoms with Crippen LogP contribution in [0.4, 0.5) is 11.4 Å². The van der Waals surface area contributed by atoms with Crippen molar-refractivity contribution in [3.05, 3.63) is 59.7 Å². The number of nitrogens with two attached hydrogens (primary N) is 1. The highest BCUT2D eigenvalue weighted by Crippen LogP contribution is 2.12. The van der Waals surface area contributed by atoms with Crippen molar-refractivity contribution in [2.75, 3.05) is 22.1 Å². The summed E-state index contributed by atoms with van der Waals surface area (Å²) in [4.78, 5) is 24.1. The first-order valence-corrected chi connectivity index (χ1v) is 9.14. The smallest absolute Gasteiger partial charge is 0.234 e. The Morgan fingerprint density at radius 1 is 0.920 bits per heavy atom. The molecule has 0 aliphatic rings. The van der Waals surface area contributed by atoms with Crippen molar-refractivity contribution in [3.63, 3.8) is 0 Å². The predicted octanol–water partition coefficient (Wildman–Crippen LogP) is 2.94. The summed E-state index contributed by atoms with van der Waals surface area (Å²) < 4.78 is 0. The Labute approximate surface area is 156 Å². The van der Waals surface area contributed by atoms with Gasteiger partial charge in [0, 0.05) is 16.9 Å². The molecule has 0 saturated carbocycles. The SMILES string of the molecule is Cc1ccc(NC(=O)CSCC(=O)Nc2ccc(C(N)=S)cc2)cc1. The molecule has 7 heteroatoms. The molecule has 0 aliphatic carbocycles. The summed E-state index contributed by atoms with van der Waals surface area (Å²) in [6.45, 7) is 1.98. The average Bonchev–Trinajstić information content (AvgIpc) is 2.57. The molecule has 130 valence electrons. The summed E-state index contributed by atoms with van der Waals surface area (Å²) in [5.41, 5.74) is 8.81. The molecule has 0 unspecified atom stereocenters. The van der Waals surface area contributed by atoms with Gasteiger partial charge in [-0.25, -0.2) is 0 Å². The number of hydrogen-bond donors (Lipinski definition) is 3. The van der Waals surface area contributed by atoms with Crippen LogP contribution in [-0.2, 0) is 9.59 Å². The number of carbonyl (C=O) groups is 2. The molecule has 0 atom stereocenters. The molecule has 25 heavy (non-hydrogen) atoms. The zero-order chi connectivity index (χ0) is 18.2. The first kappa shape index (κ1) is 19.0. The van der Waals surface area contributed by atoms with E-state index < -0.39 is 0 Å². The molecule has 5 nitrogen and oxygen atoms in total. The van der Waals surface area contributed by atoms with Gasteiger partial charge in [0.05, 0.1) is 11.5 Å². The van der Waals surface area contributed by atoms with Crippen LogP contribution in [0, 0.1) is 6.92 Å². The lowest BCUT2D eigenvalue weighted by atomic mass is 10.2. The van der Waals surface area contributed by atoms with E-state index in [1.807, 2.05) is 31.2 Å². The van der Waals surface area contributed by atoms with E-state index in [1.54, 1.807) is 24.3 Å². The number of thiocarbonyl (C=S) groups is 1. The van der Waals surface area contributed by atoms with E-state index in [0.29, 0.717) is 10.7 Å². The molecule has 0 heterocycles. The van der Waals surface area contributed by atoms with E-state index in [4.69, 9.17) is 18.0 Å². The van der Waals surface area contributed by atoms with E-state index >= 15 is 0 Å². The fourth-order valence-corrected chi connectivity index (χ4v) is 2.74. The highest BCUT2D eigenvalue weighted by Gasteiger charge is 2.07. The zero-order valence-corrected chi connectivity index (χ0v) is 15.4. The fraction of sp³-hybridized carbons (Fsp3) is 0.167. The number of aryl methyl sites for hydroxylation is 1. The first-order valence-electron chi connectivity index (χ1n) is 7.58. The third-order valence-corrected chi connectivity index (χ3v) is 4.42. The minimum absolute atomic E-state index is 0.137. The number of rotatable bonds is 7. The molecule has 0 bridgehead atoms. The van der Waals surface area contributed by atoms with Gasteiger partial charge in [0.25, 0.3) is 0 Å². The zero-order valence-electron chi connectivity index (χ0n) is 13.7. The molecule has 0 aliphatic heterocycles. The number of hydrogen-bond acceptors (Lipinski definition) is 4. The van der Waals surface area contributed by atoms with Crippen LogP contribution < -0.4 is 16.4 Å². The minimum Gasteiger partial charge on any atom is -0.389 e. The van der Waals surface area contributed by atoms with Gasteiger partial charge in [-0.15, -0.1) is 11.8 Å². The minimum atomic E-state index is -0.170. The number of thioether (sulfide) groups is 1. The summed E-state index contributed by atoms with van der Waals surface area (Å²) in [6, 6.07) is 14.5. The van der Waals surface area contributed by atoms with E-state index in [2.05, 4.69) is 10.6 Å². The molecule has 0 radical (unpaired) electrons.